The van der Waals surface area contributed by atoms with Gasteiger partial charge in [0.1, 0.15) is 24.1 Å². The van der Waals surface area contributed by atoms with Gasteiger partial charge in [-0.1, -0.05) is 0 Å². The van der Waals surface area contributed by atoms with Gasteiger partial charge in [-0.15, -0.1) is 0 Å². The Bertz CT molecular complexity index is 601. The third-order valence-electron chi connectivity index (χ3n) is 3.47. The molecule has 1 saturated heterocycles. The highest BCUT2D eigenvalue weighted by atomic mass is 16.5. The molecule has 21 heavy (non-hydrogen) atoms. The third kappa shape index (κ3) is 2.97. The van der Waals surface area contributed by atoms with Gasteiger partial charge in [0, 0.05) is 32.1 Å². The molecule has 0 aromatic carbocycles. The normalized spacial score (nSPS) is 21.4. The lowest BCUT2D eigenvalue weighted by atomic mass is 10.1. The summed E-state index contributed by atoms with van der Waals surface area (Å²) in [6.07, 6.45) is 6.04. The maximum Gasteiger partial charge on any atom is 0.218 e. The molecular weight excluding hydrogens is 270 g/mol. The molecule has 1 N–H and O–H groups in total. The van der Waals surface area contributed by atoms with Crippen LogP contribution in [0.15, 0.2) is 24.8 Å². The number of ether oxygens (including phenoxy) is 2. The number of anilines is 1. The van der Waals surface area contributed by atoms with Crippen molar-refractivity contribution in [2.24, 2.45) is 7.05 Å². The molecule has 0 amide bonds. The molecule has 0 bridgehead atoms. The lowest BCUT2D eigenvalue weighted by Gasteiger charge is -2.20. The molecule has 112 valence electrons. The second-order valence-corrected chi connectivity index (χ2v) is 4.90. The highest BCUT2D eigenvalue weighted by Gasteiger charge is 2.32. The first-order valence-electron chi connectivity index (χ1n) is 7.08. The van der Waals surface area contributed by atoms with E-state index in [0.29, 0.717) is 19.1 Å². The van der Waals surface area contributed by atoms with Crippen molar-refractivity contribution in [3.05, 3.63) is 30.6 Å². The fourth-order valence-corrected chi connectivity index (χ4v) is 2.48. The smallest absolute Gasteiger partial charge is 0.218 e. The first-order chi connectivity index (χ1) is 10.3. The molecule has 1 aliphatic heterocycles. The van der Waals surface area contributed by atoms with Crippen LogP contribution in [0.1, 0.15) is 25.3 Å². The minimum absolute atomic E-state index is 0.0736. The lowest BCUT2D eigenvalue weighted by molar-refractivity contribution is 0.0983. The van der Waals surface area contributed by atoms with Crippen molar-refractivity contribution in [2.75, 3.05) is 18.5 Å². The standard InChI is InChI=1S/C14H19N5O2/c1-3-20-12-8-11(16-9-17-12)18-10-4-7-21-13(10)14-15-5-6-19(14)2/h5-6,8-10,13H,3-4,7H2,1-2H3,(H,16,17,18)/t10-,13-/m0/s1. The number of hydrogen-bond acceptors (Lipinski definition) is 6. The Morgan fingerprint density at radius 2 is 2.33 bits per heavy atom. The van der Waals surface area contributed by atoms with E-state index in [9.17, 15) is 0 Å². The lowest BCUT2D eigenvalue weighted by Crippen LogP contribution is -2.25. The molecule has 0 spiro atoms. The van der Waals surface area contributed by atoms with Crippen LogP contribution in [-0.2, 0) is 11.8 Å². The largest absolute Gasteiger partial charge is 0.478 e. The van der Waals surface area contributed by atoms with Crippen molar-refractivity contribution in [1.82, 2.24) is 19.5 Å². The topological polar surface area (TPSA) is 74.1 Å². The van der Waals surface area contributed by atoms with Crippen molar-refractivity contribution < 1.29 is 9.47 Å². The van der Waals surface area contributed by atoms with E-state index in [-0.39, 0.29) is 12.1 Å². The summed E-state index contributed by atoms with van der Waals surface area (Å²) in [5.41, 5.74) is 0. The predicted octanol–water partition coefficient (Wildman–Crippen LogP) is 1.55. The van der Waals surface area contributed by atoms with Gasteiger partial charge >= 0.3 is 0 Å². The van der Waals surface area contributed by atoms with Crippen LogP contribution >= 0.6 is 0 Å². The van der Waals surface area contributed by atoms with Crippen molar-refractivity contribution >= 4 is 5.82 Å². The molecule has 2 aromatic rings. The van der Waals surface area contributed by atoms with Crippen molar-refractivity contribution in [1.29, 1.82) is 0 Å². The second-order valence-electron chi connectivity index (χ2n) is 4.90. The van der Waals surface area contributed by atoms with Crippen molar-refractivity contribution in [3.63, 3.8) is 0 Å². The SMILES string of the molecule is CCOc1cc(N[C@H]2CCO[C@@H]2c2nccn2C)ncn1. The van der Waals surface area contributed by atoms with Gasteiger partial charge in [0.2, 0.25) is 5.88 Å². The van der Waals surface area contributed by atoms with Gasteiger partial charge in [-0.25, -0.2) is 15.0 Å². The predicted molar refractivity (Wildman–Crippen MR) is 77.1 cm³/mol. The Morgan fingerprint density at radius 1 is 1.43 bits per heavy atom. The number of imidazole rings is 1. The zero-order valence-corrected chi connectivity index (χ0v) is 12.2. The van der Waals surface area contributed by atoms with Gasteiger partial charge in [0.15, 0.2) is 0 Å². The van der Waals surface area contributed by atoms with Crippen LogP contribution < -0.4 is 10.1 Å². The highest BCUT2D eigenvalue weighted by molar-refractivity contribution is 5.39. The van der Waals surface area contributed by atoms with E-state index < -0.39 is 0 Å². The molecule has 0 unspecified atom stereocenters. The summed E-state index contributed by atoms with van der Waals surface area (Å²) < 4.78 is 13.2. The third-order valence-corrected chi connectivity index (χ3v) is 3.47. The van der Waals surface area contributed by atoms with E-state index in [1.165, 1.54) is 6.33 Å². The van der Waals surface area contributed by atoms with Crippen LogP contribution in [-0.4, -0.2) is 38.8 Å². The Hall–Kier alpha value is -2.15. The monoisotopic (exact) mass is 289 g/mol. The molecule has 1 fully saturated rings. The molecule has 7 nitrogen and oxygen atoms in total. The van der Waals surface area contributed by atoms with Gasteiger partial charge < -0.3 is 19.4 Å². The average Bonchev–Trinajstić information content (AvgIpc) is 3.08. The van der Waals surface area contributed by atoms with Crippen LogP contribution in [0.5, 0.6) is 5.88 Å². The fourth-order valence-electron chi connectivity index (χ4n) is 2.48. The first-order valence-corrected chi connectivity index (χ1v) is 7.08. The Balaban J connectivity index is 1.74. The van der Waals surface area contributed by atoms with E-state index in [1.54, 1.807) is 12.3 Å². The molecule has 7 heteroatoms. The molecule has 0 aliphatic carbocycles. The Kier molecular flexibility index (Phi) is 4.01. The van der Waals surface area contributed by atoms with Gasteiger partial charge in [0.25, 0.3) is 0 Å². The minimum atomic E-state index is -0.0736. The number of nitrogens with one attached hydrogen (secondary N) is 1. The zero-order chi connectivity index (χ0) is 14.7. The number of nitrogens with zero attached hydrogens (tertiary/aromatic N) is 4. The second kappa shape index (κ2) is 6.09. The summed E-state index contributed by atoms with van der Waals surface area (Å²) >= 11 is 0. The minimum Gasteiger partial charge on any atom is -0.478 e. The quantitative estimate of drug-likeness (QED) is 0.900. The summed E-state index contributed by atoms with van der Waals surface area (Å²) in [6, 6.07) is 1.94. The van der Waals surface area contributed by atoms with Crippen LogP contribution in [0.25, 0.3) is 0 Å². The van der Waals surface area contributed by atoms with E-state index in [4.69, 9.17) is 9.47 Å². The van der Waals surface area contributed by atoms with Gasteiger partial charge in [-0.3, -0.25) is 0 Å². The first kappa shape index (κ1) is 13.8. The zero-order valence-electron chi connectivity index (χ0n) is 12.2. The molecular formula is C14H19N5O2. The molecule has 0 saturated carbocycles. The van der Waals surface area contributed by atoms with Crippen LogP contribution in [0.3, 0.4) is 0 Å². The van der Waals surface area contributed by atoms with Crippen molar-refractivity contribution in [2.45, 2.75) is 25.5 Å². The van der Waals surface area contributed by atoms with E-state index >= 15 is 0 Å². The Morgan fingerprint density at radius 3 is 3.10 bits per heavy atom. The van der Waals surface area contributed by atoms with E-state index in [2.05, 4.69) is 20.3 Å². The van der Waals surface area contributed by atoms with Crippen LogP contribution in [0.2, 0.25) is 0 Å². The molecule has 1 aliphatic rings. The highest BCUT2D eigenvalue weighted by Crippen LogP contribution is 2.30. The van der Waals surface area contributed by atoms with Gasteiger partial charge in [0.05, 0.1) is 12.6 Å². The summed E-state index contributed by atoms with van der Waals surface area (Å²) in [7, 11) is 1.97. The maximum absolute atomic E-state index is 5.82. The molecule has 3 heterocycles. The fraction of sp³-hybridized carbons (Fsp3) is 0.500. The van der Waals surface area contributed by atoms with Crippen molar-refractivity contribution in [3.8, 4) is 5.88 Å². The van der Waals surface area contributed by atoms with Gasteiger partial charge in [-0.2, -0.15) is 0 Å². The number of rotatable bonds is 5. The number of hydrogen-bond donors (Lipinski definition) is 1. The number of aryl methyl sites for hydroxylation is 1. The van der Waals surface area contributed by atoms with Crippen LogP contribution in [0.4, 0.5) is 5.82 Å². The van der Waals surface area contributed by atoms with E-state index in [1.807, 2.05) is 24.7 Å². The molecule has 2 atom stereocenters. The molecule has 3 rings (SSSR count). The van der Waals surface area contributed by atoms with E-state index in [0.717, 1.165) is 18.1 Å². The average molecular weight is 289 g/mol. The summed E-state index contributed by atoms with van der Waals surface area (Å²) in [5, 5.41) is 3.40. The molecule has 0 radical (unpaired) electrons. The maximum atomic E-state index is 5.82. The number of aromatic nitrogens is 4. The summed E-state index contributed by atoms with van der Waals surface area (Å²) in [4.78, 5) is 12.7. The Labute approximate surface area is 123 Å². The molecule has 2 aromatic heterocycles. The summed E-state index contributed by atoms with van der Waals surface area (Å²) in [6.45, 7) is 3.22. The van der Waals surface area contributed by atoms with Gasteiger partial charge in [-0.05, 0) is 13.3 Å². The summed E-state index contributed by atoms with van der Waals surface area (Å²) in [5.74, 6) is 2.23. The van der Waals surface area contributed by atoms with Crippen LogP contribution in [0, 0.1) is 0 Å².